The van der Waals surface area contributed by atoms with E-state index >= 15 is 0 Å². The van der Waals surface area contributed by atoms with Crippen LogP contribution in [0.4, 0.5) is 10.8 Å². The lowest BCUT2D eigenvalue weighted by molar-refractivity contribution is 0.102. The lowest BCUT2D eigenvalue weighted by Crippen LogP contribution is -2.35. The van der Waals surface area contributed by atoms with E-state index in [1.807, 2.05) is 32.0 Å². The van der Waals surface area contributed by atoms with Gasteiger partial charge in [0.15, 0.2) is 0 Å². The summed E-state index contributed by atoms with van der Waals surface area (Å²) in [5.74, 6) is 0.115. The molecular formula is C20H20N4O4S2. The van der Waals surface area contributed by atoms with Gasteiger partial charge in [-0.05, 0) is 50.1 Å². The SMILES string of the molecule is COc1cccc(C(=O)Nc2nnc(S(=O)(=O)N3c4ccc(C)cc4C[C@H]3C)s2)c1. The van der Waals surface area contributed by atoms with Crippen LogP contribution in [0.25, 0.3) is 0 Å². The van der Waals surface area contributed by atoms with Gasteiger partial charge in [-0.25, -0.2) is 0 Å². The Morgan fingerprint density at radius 2 is 2.03 bits per heavy atom. The lowest BCUT2D eigenvalue weighted by atomic mass is 10.1. The first-order valence-electron chi connectivity index (χ1n) is 9.22. The molecule has 0 saturated carbocycles. The summed E-state index contributed by atoms with van der Waals surface area (Å²) in [6.07, 6.45) is 0.633. The molecule has 156 valence electrons. The number of aromatic nitrogens is 2. The zero-order valence-electron chi connectivity index (χ0n) is 16.6. The number of ether oxygens (including phenoxy) is 1. The molecule has 0 spiro atoms. The Morgan fingerprint density at radius 1 is 1.23 bits per heavy atom. The number of benzene rings is 2. The van der Waals surface area contributed by atoms with Gasteiger partial charge in [-0.3, -0.25) is 14.4 Å². The third-order valence-corrected chi connectivity index (χ3v) is 7.94. The summed E-state index contributed by atoms with van der Waals surface area (Å²) >= 11 is 0.824. The van der Waals surface area contributed by atoms with Crippen LogP contribution in [-0.2, 0) is 16.4 Å². The topological polar surface area (TPSA) is 101 Å². The van der Waals surface area contributed by atoms with E-state index in [9.17, 15) is 13.2 Å². The molecule has 30 heavy (non-hydrogen) atoms. The molecule has 1 N–H and O–H groups in total. The molecule has 10 heteroatoms. The largest absolute Gasteiger partial charge is 0.497 e. The molecule has 0 radical (unpaired) electrons. The average Bonchev–Trinajstić information content (AvgIpc) is 3.31. The molecule has 4 rings (SSSR count). The van der Waals surface area contributed by atoms with Crippen LogP contribution in [0.3, 0.4) is 0 Å². The molecule has 3 aromatic rings. The van der Waals surface area contributed by atoms with Crippen molar-refractivity contribution in [2.75, 3.05) is 16.7 Å². The standard InChI is InChI=1S/C20H20N4O4S2/c1-12-7-8-17-15(9-12)10-13(2)24(17)30(26,27)20-23-22-19(29-20)21-18(25)14-5-4-6-16(11-14)28-3/h4-9,11,13H,10H2,1-3H3,(H,21,22,25)/t13-/m1/s1. The molecule has 0 bridgehead atoms. The third-order valence-electron chi connectivity index (χ3n) is 4.83. The monoisotopic (exact) mass is 444 g/mol. The van der Waals surface area contributed by atoms with Crippen molar-refractivity contribution >= 4 is 38.1 Å². The van der Waals surface area contributed by atoms with Gasteiger partial charge in [-0.2, -0.15) is 8.42 Å². The molecule has 0 unspecified atom stereocenters. The van der Waals surface area contributed by atoms with Gasteiger partial charge in [0.25, 0.3) is 20.3 Å². The van der Waals surface area contributed by atoms with Crippen molar-refractivity contribution in [2.45, 2.75) is 30.6 Å². The number of carbonyl (C=O) groups excluding carboxylic acids is 1. The van der Waals surface area contributed by atoms with Crippen LogP contribution >= 0.6 is 11.3 Å². The predicted molar refractivity (Wildman–Crippen MR) is 115 cm³/mol. The highest BCUT2D eigenvalue weighted by Gasteiger charge is 2.38. The van der Waals surface area contributed by atoms with Gasteiger partial charge >= 0.3 is 0 Å². The Morgan fingerprint density at radius 3 is 2.80 bits per heavy atom. The van der Waals surface area contributed by atoms with Gasteiger partial charge in [-0.1, -0.05) is 35.1 Å². The molecule has 2 aromatic carbocycles. The average molecular weight is 445 g/mol. The Labute approximate surface area is 178 Å². The van der Waals surface area contributed by atoms with Gasteiger partial charge in [0.1, 0.15) is 5.75 Å². The van der Waals surface area contributed by atoms with E-state index in [0.29, 0.717) is 23.4 Å². The summed E-state index contributed by atoms with van der Waals surface area (Å²) in [6, 6.07) is 12.1. The van der Waals surface area contributed by atoms with Crippen molar-refractivity contribution in [2.24, 2.45) is 0 Å². The number of anilines is 2. The number of hydrogen-bond acceptors (Lipinski definition) is 7. The zero-order valence-corrected chi connectivity index (χ0v) is 18.3. The van der Waals surface area contributed by atoms with Crippen molar-refractivity contribution in [1.82, 2.24) is 10.2 Å². The third kappa shape index (κ3) is 3.63. The maximum atomic E-state index is 13.2. The first-order valence-corrected chi connectivity index (χ1v) is 11.5. The fourth-order valence-electron chi connectivity index (χ4n) is 3.48. The normalized spacial score (nSPS) is 15.7. The minimum absolute atomic E-state index is 0.109. The first kappa shape index (κ1) is 20.3. The van der Waals surface area contributed by atoms with Crippen LogP contribution in [0.2, 0.25) is 0 Å². The van der Waals surface area contributed by atoms with Gasteiger partial charge in [-0.15, -0.1) is 10.2 Å². The minimum atomic E-state index is -3.90. The highest BCUT2D eigenvalue weighted by molar-refractivity contribution is 7.94. The number of methoxy groups -OCH3 is 1. The van der Waals surface area contributed by atoms with Crippen LogP contribution in [0.5, 0.6) is 5.75 Å². The molecule has 1 amide bonds. The zero-order chi connectivity index (χ0) is 21.5. The second-order valence-electron chi connectivity index (χ2n) is 7.05. The van der Waals surface area contributed by atoms with Crippen molar-refractivity contribution < 1.29 is 17.9 Å². The Bertz CT molecular complexity index is 1220. The Kier molecular flexibility index (Phi) is 5.20. The number of sulfonamides is 1. The summed E-state index contributed by atoms with van der Waals surface area (Å²) in [7, 11) is -2.39. The van der Waals surface area contributed by atoms with E-state index in [0.717, 1.165) is 22.5 Å². The fraction of sp³-hybridized carbons (Fsp3) is 0.250. The summed E-state index contributed by atoms with van der Waals surface area (Å²) < 4.78 is 32.8. The number of nitrogens with one attached hydrogen (secondary N) is 1. The highest BCUT2D eigenvalue weighted by Crippen LogP contribution is 2.38. The van der Waals surface area contributed by atoms with Crippen molar-refractivity contribution in [3.05, 3.63) is 59.2 Å². The van der Waals surface area contributed by atoms with Crippen LogP contribution in [0.15, 0.2) is 46.8 Å². The van der Waals surface area contributed by atoms with Crippen LogP contribution in [0, 0.1) is 6.92 Å². The van der Waals surface area contributed by atoms with E-state index in [2.05, 4.69) is 15.5 Å². The van der Waals surface area contributed by atoms with Gasteiger partial charge in [0.2, 0.25) is 5.13 Å². The maximum Gasteiger partial charge on any atom is 0.293 e. The molecule has 1 aromatic heterocycles. The number of rotatable bonds is 5. The quantitative estimate of drug-likeness (QED) is 0.606. The van der Waals surface area contributed by atoms with Gasteiger partial charge in [0.05, 0.1) is 12.8 Å². The van der Waals surface area contributed by atoms with Crippen LogP contribution < -0.4 is 14.4 Å². The maximum absolute atomic E-state index is 13.2. The van der Waals surface area contributed by atoms with Crippen molar-refractivity contribution in [3.8, 4) is 5.75 Å². The van der Waals surface area contributed by atoms with E-state index < -0.39 is 15.9 Å². The number of amides is 1. The molecular weight excluding hydrogens is 424 g/mol. The van der Waals surface area contributed by atoms with Gasteiger partial charge < -0.3 is 4.74 Å². The molecule has 0 aliphatic carbocycles. The molecule has 0 saturated heterocycles. The van der Waals surface area contributed by atoms with Gasteiger partial charge in [0, 0.05) is 11.6 Å². The molecule has 1 atom stereocenters. The van der Waals surface area contributed by atoms with E-state index in [-0.39, 0.29) is 15.5 Å². The predicted octanol–water partition coefficient (Wildman–Crippen LogP) is 3.25. The second-order valence-corrected chi connectivity index (χ2v) is 10.0. The summed E-state index contributed by atoms with van der Waals surface area (Å²) in [5, 5.41) is 10.4. The number of fused-ring (bicyclic) bond motifs is 1. The summed E-state index contributed by atoms with van der Waals surface area (Å²) in [5.41, 5.74) is 3.09. The smallest absolute Gasteiger partial charge is 0.293 e. The minimum Gasteiger partial charge on any atom is -0.497 e. The summed E-state index contributed by atoms with van der Waals surface area (Å²) in [6.45, 7) is 3.84. The Balaban J connectivity index is 1.58. The number of carbonyl (C=O) groups is 1. The van der Waals surface area contributed by atoms with Crippen molar-refractivity contribution in [3.63, 3.8) is 0 Å². The number of aryl methyl sites for hydroxylation is 1. The molecule has 2 heterocycles. The molecule has 1 aliphatic heterocycles. The Hall–Kier alpha value is -2.98. The van der Waals surface area contributed by atoms with Crippen molar-refractivity contribution in [1.29, 1.82) is 0 Å². The molecule has 0 fully saturated rings. The van der Waals surface area contributed by atoms with E-state index in [1.165, 1.54) is 11.4 Å². The number of hydrogen-bond donors (Lipinski definition) is 1. The summed E-state index contributed by atoms with van der Waals surface area (Å²) in [4.78, 5) is 12.5. The number of nitrogens with zero attached hydrogens (tertiary/aromatic N) is 3. The van der Waals surface area contributed by atoms with E-state index in [1.54, 1.807) is 24.3 Å². The molecule has 8 nitrogen and oxygen atoms in total. The van der Waals surface area contributed by atoms with Crippen LogP contribution in [-0.4, -0.2) is 37.7 Å². The first-order chi connectivity index (χ1) is 14.3. The van der Waals surface area contributed by atoms with Crippen LogP contribution in [0.1, 0.15) is 28.4 Å². The second kappa shape index (κ2) is 7.69. The van der Waals surface area contributed by atoms with E-state index in [4.69, 9.17) is 4.74 Å². The molecule has 1 aliphatic rings. The fourth-order valence-corrected chi connectivity index (χ4v) is 6.15. The highest BCUT2D eigenvalue weighted by atomic mass is 32.2. The lowest BCUT2D eigenvalue weighted by Gasteiger charge is -2.22.